The summed E-state index contributed by atoms with van der Waals surface area (Å²) in [6.07, 6.45) is 1.09. The lowest BCUT2D eigenvalue weighted by Crippen LogP contribution is -2.26. The van der Waals surface area contributed by atoms with Crippen molar-refractivity contribution in [2.45, 2.75) is 6.42 Å². The topological polar surface area (TPSA) is 41.9 Å². The lowest BCUT2D eigenvalue weighted by atomic mass is 10.1. The Morgan fingerprint density at radius 3 is 2.94 bits per heavy atom. The average Bonchev–Trinajstić information content (AvgIpc) is 2.87. The van der Waals surface area contributed by atoms with E-state index in [0.29, 0.717) is 19.1 Å². The van der Waals surface area contributed by atoms with E-state index in [2.05, 4.69) is 4.90 Å². The fraction of sp³-hybridized carbons (Fsp3) is 0.571. The molecule has 100 valence electrons. The first-order valence-corrected chi connectivity index (χ1v) is 6.42. The molecule has 1 fully saturated rings. The van der Waals surface area contributed by atoms with E-state index in [1.54, 1.807) is 7.11 Å². The first-order chi connectivity index (χ1) is 8.81. The first kappa shape index (κ1) is 13.2. The van der Waals surface area contributed by atoms with Crippen molar-refractivity contribution in [2.24, 2.45) is 5.92 Å². The molecule has 1 aliphatic heterocycles. The van der Waals surface area contributed by atoms with E-state index in [-0.39, 0.29) is 0 Å². The summed E-state index contributed by atoms with van der Waals surface area (Å²) < 4.78 is 10.8. The summed E-state index contributed by atoms with van der Waals surface area (Å²) in [6.45, 7) is 3.93. The third kappa shape index (κ3) is 3.62. The van der Waals surface area contributed by atoms with E-state index in [1.807, 2.05) is 24.3 Å². The van der Waals surface area contributed by atoms with Crippen molar-refractivity contribution >= 4 is 0 Å². The highest BCUT2D eigenvalue weighted by atomic mass is 16.5. The predicted octanol–water partition coefficient (Wildman–Crippen LogP) is 1.39. The molecule has 0 aromatic heterocycles. The second-order valence-electron chi connectivity index (χ2n) is 4.67. The molecule has 0 spiro atoms. The van der Waals surface area contributed by atoms with Crippen molar-refractivity contribution < 1.29 is 14.6 Å². The summed E-state index contributed by atoms with van der Waals surface area (Å²) in [5, 5.41) is 9.07. The lowest BCUT2D eigenvalue weighted by Gasteiger charge is -2.16. The Hall–Kier alpha value is -1.26. The van der Waals surface area contributed by atoms with E-state index in [0.717, 1.165) is 37.6 Å². The van der Waals surface area contributed by atoms with Gasteiger partial charge < -0.3 is 14.6 Å². The van der Waals surface area contributed by atoms with Gasteiger partial charge in [0.05, 0.1) is 7.11 Å². The molecule has 2 rings (SSSR count). The van der Waals surface area contributed by atoms with Crippen LogP contribution in [0.1, 0.15) is 6.42 Å². The monoisotopic (exact) mass is 251 g/mol. The third-order valence-electron chi connectivity index (χ3n) is 3.35. The molecule has 0 bridgehead atoms. The van der Waals surface area contributed by atoms with Gasteiger partial charge in [-0.05, 0) is 31.0 Å². The third-order valence-corrected chi connectivity index (χ3v) is 3.35. The van der Waals surface area contributed by atoms with Gasteiger partial charge in [-0.25, -0.2) is 0 Å². The van der Waals surface area contributed by atoms with Crippen LogP contribution in [-0.2, 0) is 0 Å². The van der Waals surface area contributed by atoms with Crippen molar-refractivity contribution in [1.82, 2.24) is 4.90 Å². The molecule has 1 unspecified atom stereocenters. The Balaban J connectivity index is 1.72. The maximum atomic E-state index is 9.07. The highest BCUT2D eigenvalue weighted by Gasteiger charge is 2.21. The molecular formula is C14H21NO3. The van der Waals surface area contributed by atoms with Crippen molar-refractivity contribution in [3.05, 3.63) is 24.3 Å². The molecule has 0 radical (unpaired) electrons. The zero-order valence-corrected chi connectivity index (χ0v) is 10.8. The highest BCUT2D eigenvalue weighted by molar-refractivity contribution is 5.32. The number of aliphatic hydroxyl groups excluding tert-OH is 1. The molecule has 0 amide bonds. The summed E-state index contributed by atoms with van der Waals surface area (Å²) in [7, 11) is 1.65. The van der Waals surface area contributed by atoms with Gasteiger partial charge in [0, 0.05) is 25.8 Å². The smallest absolute Gasteiger partial charge is 0.123 e. The summed E-state index contributed by atoms with van der Waals surface area (Å²) in [5.41, 5.74) is 0. The van der Waals surface area contributed by atoms with Crippen molar-refractivity contribution in [1.29, 1.82) is 0 Å². The number of aliphatic hydroxyl groups is 1. The van der Waals surface area contributed by atoms with Gasteiger partial charge >= 0.3 is 0 Å². The average molecular weight is 251 g/mol. The van der Waals surface area contributed by atoms with Gasteiger partial charge in [0.1, 0.15) is 18.1 Å². The minimum atomic E-state index is 0.299. The molecule has 1 saturated heterocycles. The van der Waals surface area contributed by atoms with Gasteiger partial charge in [-0.15, -0.1) is 0 Å². The number of hydrogen-bond acceptors (Lipinski definition) is 4. The summed E-state index contributed by atoms with van der Waals surface area (Å²) in [6, 6.07) is 7.65. The lowest BCUT2D eigenvalue weighted by molar-refractivity contribution is 0.204. The minimum absolute atomic E-state index is 0.299. The zero-order chi connectivity index (χ0) is 12.8. The Labute approximate surface area is 108 Å². The van der Waals surface area contributed by atoms with Crippen LogP contribution in [0, 0.1) is 5.92 Å². The second kappa shape index (κ2) is 6.61. The van der Waals surface area contributed by atoms with Crippen LogP contribution in [0.5, 0.6) is 11.5 Å². The predicted molar refractivity (Wildman–Crippen MR) is 70.1 cm³/mol. The molecule has 4 heteroatoms. The van der Waals surface area contributed by atoms with Gasteiger partial charge in [-0.3, -0.25) is 4.90 Å². The SMILES string of the molecule is COc1cccc(OCCN2CCC(CO)C2)c1. The number of nitrogens with zero attached hydrogens (tertiary/aromatic N) is 1. The van der Waals surface area contributed by atoms with Crippen molar-refractivity contribution in [2.75, 3.05) is 40.0 Å². The standard InChI is InChI=1S/C14H21NO3/c1-17-13-3-2-4-14(9-13)18-8-7-15-6-5-12(10-15)11-16/h2-4,9,12,16H,5-8,10-11H2,1H3. The molecule has 4 nitrogen and oxygen atoms in total. The zero-order valence-electron chi connectivity index (χ0n) is 10.8. The highest BCUT2D eigenvalue weighted by Crippen LogP contribution is 2.19. The Kier molecular flexibility index (Phi) is 4.84. The normalized spacial score (nSPS) is 20.0. The van der Waals surface area contributed by atoms with Gasteiger partial charge in [0.15, 0.2) is 0 Å². The fourth-order valence-corrected chi connectivity index (χ4v) is 2.25. The molecule has 0 aliphatic carbocycles. The minimum Gasteiger partial charge on any atom is -0.497 e. The van der Waals surface area contributed by atoms with Crippen LogP contribution in [0.25, 0.3) is 0 Å². The molecule has 18 heavy (non-hydrogen) atoms. The number of benzene rings is 1. The van der Waals surface area contributed by atoms with E-state index in [1.165, 1.54) is 0 Å². The van der Waals surface area contributed by atoms with Crippen LogP contribution >= 0.6 is 0 Å². The maximum Gasteiger partial charge on any atom is 0.123 e. The van der Waals surface area contributed by atoms with E-state index < -0.39 is 0 Å². The van der Waals surface area contributed by atoms with Crippen LogP contribution in [0.3, 0.4) is 0 Å². The fourth-order valence-electron chi connectivity index (χ4n) is 2.25. The number of hydrogen-bond donors (Lipinski definition) is 1. The maximum absolute atomic E-state index is 9.07. The number of likely N-dealkylation sites (tertiary alicyclic amines) is 1. The van der Waals surface area contributed by atoms with Gasteiger partial charge in [-0.2, -0.15) is 0 Å². The van der Waals surface area contributed by atoms with Crippen LogP contribution in [0.15, 0.2) is 24.3 Å². The molecule has 0 saturated carbocycles. The largest absolute Gasteiger partial charge is 0.497 e. The molecule has 1 aromatic rings. The molecule has 1 aliphatic rings. The van der Waals surface area contributed by atoms with E-state index in [9.17, 15) is 0 Å². The summed E-state index contributed by atoms with van der Waals surface area (Å²) in [5.74, 6) is 2.10. The Bertz CT molecular complexity index is 370. The molecule has 1 aromatic carbocycles. The number of rotatable bonds is 6. The molecule has 1 atom stereocenters. The van der Waals surface area contributed by atoms with E-state index >= 15 is 0 Å². The Morgan fingerprint density at radius 2 is 2.22 bits per heavy atom. The van der Waals surface area contributed by atoms with Gasteiger partial charge in [0.2, 0.25) is 0 Å². The quantitative estimate of drug-likeness (QED) is 0.829. The van der Waals surface area contributed by atoms with Gasteiger partial charge in [0.25, 0.3) is 0 Å². The summed E-state index contributed by atoms with van der Waals surface area (Å²) in [4.78, 5) is 2.33. The van der Waals surface area contributed by atoms with Crippen LogP contribution in [0.2, 0.25) is 0 Å². The Morgan fingerprint density at radius 1 is 1.39 bits per heavy atom. The van der Waals surface area contributed by atoms with E-state index in [4.69, 9.17) is 14.6 Å². The van der Waals surface area contributed by atoms with Crippen molar-refractivity contribution in [3.8, 4) is 11.5 Å². The second-order valence-corrected chi connectivity index (χ2v) is 4.67. The van der Waals surface area contributed by atoms with Crippen LogP contribution in [-0.4, -0.2) is 50.0 Å². The van der Waals surface area contributed by atoms with Gasteiger partial charge in [-0.1, -0.05) is 6.07 Å². The van der Waals surface area contributed by atoms with Crippen molar-refractivity contribution in [3.63, 3.8) is 0 Å². The van der Waals surface area contributed by atoms with Crippen LogP contribution in [0.4, 0.5) is 0 Å². The molecule has 1 N–H and O–H groups in total. The summed E-state index contributed by atoms with van der Waals surface area (Å²) >= 11 is 0. The molecule has 1 heterocycles. The number of ether oxygens (including phenoxy) is 2. The molecular weight excluding hydrogens is 230 g/mol. The first-order valence-electron chi connectivity index (χ1n) is 6.42. The number of methoxy groups -OCH3 is 1. The van der Waals surface area contributed by atoms with Crippen LogP contribution < -0.4 is 9.47 Å².